The van der Waals surface area contributed by atoms with E-state index in [2.05, 4.69) is 15.0 Å². The maximum Gasteiger partial charge on any atom is 0.296 e. The summed E-state index contributed by atoms with van der Waals surface area (Å²) < 4.78 is 31.3. The zero-order chi connectivity index (χ0) is 14.2. The Bertz CT molecular complexity index is 731. The Morgan fingerprint density at radius 1 is 1.11 bits per heavy atom. The smallest absolute Gasteiger partial charge is 0.296 e. The summed E-state index contributed by atoms with van der Waals surface area (Å²) in [6.07, 6.45) is 0. The van der Waals surface area contributed by atoms with Gasteiger partial charge in [0.2, 0.25) is 10.6 Å². The molecule has 0 saturated heterocycles. The van der Waals surface area contributed by atoms with Crippen molar-refractivity contribution in [2.45, 2.75) is 4.90 Å². The van der Waals surface area contributed by atoms with Crippen LogP contribution in [-0.2, 0) is 10.1 Å². The average molecular weight is 321 g/mol. The predicted octanol–water partition coefficient (Wildman–Crippen LogP) is 1.67. The molecule has 0 radical (unpaired) electrons. The summed E-state index contributed by atoms with van der Waals surface area (Å²) in [5.41, 5.74) is 5.64. The van der Waals surface area contributed by atoms with Crippen LogP contribution >= 0.6 is 23.2 Å². The van der Waals surface area contributed by atoms with Gasteiger partial charge in [-0.1, -0.05) is 0 Å². The van der Waals surface area contributed by atoms with Crippen LogP contribution in [0.1, 0.15) is 0 Å². The van der Waals surface area contributed by atoms with Gasteiger partial charge >= 0.3 is 0 Å². The fourth-order valence-corrected chi connectivity index (χ4v) is 2.36. The van der Waals surface area contributed by atoms with Crippen molar-refractivity contribution in [3.63, 3.8) is 0 Å². The molecule has 0 amide bonds. The van der Waals surface area contributed by atoms with Gasteiger partial charge in [-0.2, -0.15) is 23.4 Å². The minimum absolute atomic E-state index is 0.0647. The second kappa shape index (κ2) is 4.89. The molecule has 1 aromatic carbocycles. The minimum Gasteiger partial charge on any atom is -0.398 e. The number of rotatable bonds is 2. The van der Waals surface area contributed by atoms with Crippen LogP contribution in [0.3, 0.4) is 0 Å². The Morgan fingerprint density at radius 2 is 1.68 bits per heavy atom. The predicted molar refractivity (Wildman–Crippen MR) is 69.5 cm³/mol. The van der Waals surface area contributed by atoms with E-state index in [1.807, 2.05) is 0 Å². The van der Waals surface area contributed by atoms with E-state index in [0.717, 1.165) is 6.07 Å². The molecule has 3 N–H and O–H groups in total. The quantitative estimate of drug-likeness (QED) is 0.638. The second-order valence-electron chi connectivity index (χ2n) is 3.42. The number of benzene rings is 1. The lowest BCUT2D eigenvalue weighted by Gasteiger charge is -2.05. The molecule has 7 nitrogen and oxygen atoms in total. The Hall–Kier alpha value is -1.48. The van der Waals surface area contributed by atoms with Gasteiger partial charge in [0.15, 0.2) is 5.82 Å². The molecule has 0 atom stereocenters. The molecule has 0 bridgehead atoms. The Labute approximate surface area is 118 Å². The van der Waals surface area contributed by atoms with Gasteiger partial charge in [0.25, 0.3) is 10.1 Å². The first-order chi connectivity index (χ1) is 8.77. The maximum atomic E-state index is 11.1. The van der Waals surface area contributed by atoms with Gasteiger partial charge in [-0.3, -0.25) is 4.55 Å². The van der Waals surface area contributed by atoms with Crippen molar-refractivity contribution in [3.05, 3.63) is 28.8 Å². The summed E-state index contributed by atoms with van der Waals surface area (Å²) in [6, 6.07) is 3.88. The molecular formula is C9H6Cl2N4O3S. The highest BCUT2D eigenvalue weighted by molar-refractivity contribution is 7.86. The van der Waals surface area contributed by atoms with Crippen molar-refractivity contribution >= 4 is 39.0 Å². The van der Waals surface area contributed by atoms with E-state index in [1.54, 1.807) is 0 Å². The number of aromatic nitrogens is 3. The maximum absolute atomic E-state index is 11.1. The summed E-state index contributed by atoms with van der Waals surface area (Å²) >= 11 is 11.2. The SMILES string of the molecule is Nc1ccc(-c2nc(Cl)nc(Cl)n2)cc1S(=O)(=O)O. The lowest BCUT2D eigenvalue weighted by atomic mass is 10.2. The van der Waals surface area contributed by atoms with E-state index < -0.39 is 15.0 Å². The van der Waals surface area contributed by atoms with Gasteiger partial charge in [0.05, 0.1) is 5.69 Å². The van der Waals surface area contributed by atoms with Crippen molar-refractivity contribution in [2.24, 2.45) is 0 Å². The second-order valence-corrected chi connectivity index (χ2v) is 5.49. The standard InChI is InChI=1S/C9H6Cl2N4O3S/c10-8-13-7(14-9(11)15-8)4-1-2-5(12)6(3-4)19(16,17)18/h1-3H,12H2,(H,16,17,18). The molecule has 100 valence electrons. The normalized spacial score (nSPS) is 11.5. The Balaban J connectivity index is 2.64. The molecule has 2 rings (SSSR count). The van der Waals surface area contributed by atoms with Crippen molar-refractivity contribution < 1.29 is 13.0 Å². The lowest BCUT2D eigenvalue weighted by molar-refractivity contribution is 0.483. The third-order valence-electron chi connectivity index (χ3n) is 2.13. The van der Waals surface area contributed by atoms with Crippen LogP contribution in [0, 0.1) is 0 Å². The highest BCUT2D eigenvalue weighted by Gasteiger charge is 2.16. The summed E-state index contributed by atoms with van der Waals surface area (Å²) in [5.74, 6) is 0.0647. The van der Waals surface area contributed by atoms with E-state index >= 15 is 0 Å². The van der Waals surface area contributed by atoms with E-state index in [-0.39, 0.29) is 27.6 Å². The highest BCUT2D eigenvalue weighted by atomic mass is 35.5. The zero-order valence-corrected chi connectivity index (χ0v) is 11.4. The van der Waals surface area contributed by atoms with Gasteiger partial charge in [-0.15, -0.1) is 0 Å². The minimum atomic E-state index is -4.45. The number of halogens is 2. The van der Waals surface area contributed by atoms with Gasteiger partial charge in [-0.05, 0) is 41.4 Å². The fraction of sp³-hybridized carbons (Fsp3) is 0. The summed E-state index contributed by atoms with van der Waals surface area (Å²) in [4.78, 5) is 10.7. The molecule has 10 heteroatoms. The van der Waals surface area contributed by atoms with E-state index in [0.29, 0.717) is 0 Å². The van der Waals surface area contributed by atoms with Gasteiger partial charge in [0, 0.05) is 5.56 Å². The Morgan fingerprint density at radius 3 is 2.21 bits per heavy atom. The molecule has 0 unspecified atom stereocenters. The van der Waals surface area contributed by atoms with Crippen molar-refractivity contribution in [2.75, 3.05) is 5.73 Å². The number of nitrogens with zero attached hydrogens (tertiary/aromatic N) is 3. The zero-order valence-electron chi connectivity index (χ0n) is 9.08. The molecule has 1 aromatic heterocycles. The molecule has 0 aliphatic carbocycles. The third-order valence-corrected chi connectivity index (χ3v) is 3.38. The van der Waals surface area contributed by atoms with E-state index in [4.69, 9.17) is 33.5 Å². The number of nitrogen functional groups attached to an aromatic ring is 1. The van der Waals surface area contributed by atoms with Crippen LogP contribution in [0.25, 0.3) is 11.4 Å². The number of anilines is 1. The molecule has 0 aliphatic rings. The van der Waals surface area contributed by atoms with Crippen LogP contribution < -0.4 is 5.73 Å². The van der Waals surface area contributed by atoms with Crippen LogP contribution in [0.5, 0.6) is 0 Å². The van der Waals surface area contributed by atoms with Crippen molar-refractivity contribution in [1.82, 2.24) is 15.0 Å². The fourth-order valence-electron chi connectivity index (χ4n) is 1.35. The van der Waals surface area contributed by atoms with Gasteiger partial charge in [0.1, 0.15) is 4.90 Å². The molecule has 0 aliphatic heterocycles. The van der Waals surface area contributed by atoms with Crippen LogP contribution in [0.4, 0.5) is 5.69 Å². The topological polar surface area (TPSA) is 119 Å². The average Bonchev–Trinajstić information content (AvgIpc) is 2.26. The largest absolute Gasteiger partial charge is 0.398 e. The molecule has 19 heavy (non-hydrogen) atoms. The molecule has 0 spiro atoms. The highest BCUT2D eigenvalue weighted by Crippen LogP contribution is 2.25. The van der Waals surface area contributed by atoms with E-state index in [9.17, 15) is 8.42 Å². The van der Waals surface area contributed by atoms with Crippen LogP contribution in [-0.4, -0.2) is 27.9 Å². The van der Waals surface area contributed by atoms with Crippen molar-refractivity contribution in [1.29, 1.82) is 0 Å². The molecule has 0 fully saturated rings. The van der Waals surface area contributed by atoms with Gasteiger partial charge in [-0.25, -0.2) is 0 Å². The lowest BCUT2D eigenvalue weighted by Crippen LogP contribution is -2.04. The molecule has 0 saturated carbocycles. The molecule has 1 heterocycles. The molecular weight excluding hydrogens is 315 g/mol. The van der Waals surface area contributed by atoms with Crippen LogP contribution in [0.15, 0.2) is 23.1 Å². The van der Waals surface area contributed by atoms with Crippen molar-refractivity contribution in [3.8, 4) is 11.4 Å². The number of nitrogens with two attached hydrogens (primary N) is 1. The van der Waals surface area contributed by atoms with E-state index in [1.165, 1.54) is 12.1 Å². The summed E-state index contributed by atoms with van der Waals surface area (Å²) in [5, 5.41) is -0.277. The Kier molecular flexibility index (Phi) is 3.59. The number of hydrogen-bond acceptors (Lipinski definition) is 6. The number of hydrogen-bond donors (Lipinski definition) is 2. The third kappa shape index (κ3) is 3.10. The summed E-state index contributed by atoms with van der Waals surface area (Å²) in [6.45, 7) is 0. The first kappa shape index (κ1) is 13.9. The van der Waals surface area contributed by atoms with Gasteiger partial charge < -0.3 is 5.73 Å². The molecule has 2 aromatic rings. The van der Waals surface area contributed by atoms with Crippen LogP contribution in [0.2, 0.25) is 10.6 Å². The first-order valence-electron chi connectivity index (χ1n) is 4.72. The first-order valence-corrected chi connectivity index (χ1v) is 6.91. The monoisotopic (exact) mass is 320 g/mol. The summed E-state index contributed by atoms with van der Waals surface area (Å²) in [7, 11) is -4.45.